The van der Waals surface area contributed by atoms with E-state index < -0.39 is 23.8 Å². The van der Waals surface area contributed by atoms with Crippen LogP contribution in [0.1, 0.15) is 49.8 Å². The standard InChI is InChI=1S/C24H21N3O7S/c1-32-24(31)19-16-8-2-3-10-18(16)35-22(19)26-20(28)21(29)27-25-13-14-6-4-7-15(12-14)34-23(30)17-9-5-11-33-17/h4-7,9,11-13H,2-3,8,10H2,1H3,(H,26,28)(H,27,29)/b25-13+. The topological polar surface area (TPSA) is 136 Å². The zero-order valence-electron chi connectivity index (χ0n) is 18.7. The average Bonchev–Trinajstić information content (AvgIpc) is 3.52. The molecule has 0 saturated heterocycles. The summed E-state index contributed by atoms with van der Waals surface area (Å²) >= 11 is 1.28. The zero-order chi connectivity index (χ0) is 24.8. The molecule has 0 aliphatic heterocycles. The predicted molar refractivity (Wildman–Crippen MR) is 127 cm³/mol. The van der Waals surface area contributed by atoms with Gasteiger partial charge in [0, 0.05) is 4.88 Å². The van der Waals surface area contributed by atoms with Crippen molar-refractivity contribution in [2.24, 2.45) is 5.10 Å². The Balaban J connectivity index is 1.37. The van der Waals surface area contributed by atoms with Crippen molar-refractivity contribution >= 4 is 46.3 Å². The molecule has 1 aliphatic rings. The number of ether oxygens (including phenoxy) is 2. The van der Waals surface area contributed by atoms with Crippen molar-refractivity contribution < 1.29 is 33.1 Å². The maximum atomic E-state index is 12.4. The summed E-state index contributed by atoms with van der Waals surface area (Å²) < 4.78 is 15.1. The van der Waals surface area contributed by atoms with Gasteiger partial charge in [-0.05, 0) is 61.1 Å². The number of carbonyl (C=O) groups is 4. The predicted octanol–water partition coefficient (Wildman–Crippen LogP) is 3.31. The van der Waals surface area contributed by atoms with Crippen molar-refractivity contribution in [3.8, 4) is 5.75 Å². The molecule has 11 heteroatoms. The van der Waals surface area contributed by atoms with Crippen LogP contribution in [0.4, 0.5) is 5.00 Å². The largest absolute Gasteiger partial charge is 0.465 e. The van der Waals surface area contributed by atoms with E-state index in [9.17, 15) is 19.2 Å². The van der Waals surface area contributed by atoms with Crippen LogP contribution in [-0.2, 0) is 27.2 Å². The number of nitrogens with zero attached hydrogens (tertiary/aromatic N) is 1. The number of nitrogens with one attached hydrogen (secondary N) is 2. The molecule has 2 heterocycles. The first-order valence-corrected chi connectivity index (χ1v) is 11.5. The normalized spacial score (nSPS) is 12.6. The van der Waals surface area contributed by atoms with E-state index in [1.807, 2.05) is 0 Å². The average molecular weight is 496 g/mol. The van der Waals surface area contributed by atoms with Crippen molar-refractivity contribution in [3.05, 3.63) is 70.0 Å². The third kappa shape index (κ3) is 5.64. The quantitative estimate of drug-likeness (QED) is 0.176. The first kappa shape index (κ1) is 23.9. The van der Waals surface area contributed by atoms with Gasteiger partial charge in [0.1, 0.15) is 10.8 Å². The molecule has 0 fully saturated rings. The molecule has 0 saturated carbocycles. The van der Waals surface area contributed by atoms with Crippen molar-refractivity contribution in [2.75, 3.05) is 12.4 Å². The van der Waals surface area contributed by atoms with E-state index in [2.05, 4.69) is 15.8 Å². The van der Waals surface area contributed by atoms with Gasteiger partial charge in [-0.25, -0.2) is 15.0 Å². The van der Waals surface area contributed by atoms with Gasteiger partial charge in [-0.3, -0.25) is 9.59 Å². The van der Waals surface area contributed by atoms with E-state index >= 15 is 0 Å². The Kier molecular flexibility index (Phi) is 7.36. The maximum Gasteiger partial charge on any atom is 0.379 e. The molecule has 180 valence electrons. The monoisotopic (exact) mass is 495 g/mol. The van der Waals surface area contributed by atoms with Gasteiger partial charge in [0.25, 0.3) is 0 Å². The second kappa shape index (κ2) is 10.8. The minimum Gasteiger partial charge on any atom is -0.465 e. The van der Waals surface area contributed by atoms with Gasteiger partial charge in [-0.2, -0.15) is 5.10 Å². The summed E-state index contributed by atoms with van der Waals surface area (Å²) in [6.45, 7) is 0. The molecule has 0 atom stereocenters. The molecule has 1 aromatic carbocycles. The lowest BCUT2D eigenvalue weighted by Gasteiger charge is -2.11. The molecule has 4 rings (SSSR count). The highest BCUT2D eigenvalue weighted by atomic mass is 32.1. The highest BCUT2D eigenvalue weighted by Crippen LogP contribution is 2.38. The molecule has 10 nitrogen and oxygen atoms in total. The van der Waals surface area contributed by atoms with Gasteiger partial charge in [-0.1, -0.05) is 12.1 Å². The Bertz CT molecular complexity index is 1290. The van der Waals surface area contributed by atoms with Crippen molar-refractivity contribution in [2.45, 2.75) is 25.7 Å². The number of hydrogen-bond acceptors (Lipinski definition) is 9. The van der Waals surface area contributed by atoms with Crippen LogP contribution < -0.4 is 15.5 Å². The SMILES string of the molecule is COC(=O)c1c(NC(=O)C(=O)N/N=C/c2cccc(OC(=O)c3ccco3)c2)sc2c1CCCC2. The second-order valence-electron chi connectivity index (χ2n) is 7.50. The van der Waals surface area contributed by atoms with Gasteiger partial charge in [0.15, 0.2) is 0 Å². The van der Waals surface area contributed by atoms with E-state index in [1.165, 1.54) is 43.1 Å². The molecular weight excluding hydrogens is 474 g/mol. The summed E-state index contributed by atoms with van der Waals surface area (Å²) in [6, 6.07) is 9.45. The fourth-order valence-electron chi connectivity index (χ4n) is 3.56. The fraction of sp³-hybridized carbons (Fsp3) is 0.208. The molecule has 2 amide bonds. The zero-order valence-corrected chi connectivity index (χ0v) is 19.5. The minimum absolute atomic E-state index is 0.0595. The Morgan fingerprint density at radius 1 is 1.06 bits per heavy atom. The van der Waals surface area contributed by atoms with Crippen molar-refractivity contribution in [3.63, 3.8) is 0 Å². The third-order valence-corrected chi connectivity index (χ3v) is 6.37. The Hall–Kier alpha value is -4.25. The number of carbonyl (C=O) groups excluding carboxylic acids is 4. The van der Waals surface area contributed by atoms with Crippen molar-refractivity contribution in [1.82, 2.24) is 5.43 Å². The van der Waals surface area contributed by atoms with E-state index in [4.69, 9.17) is 13.9 Å². The summed E-state index contributed by atoms with van der Waals surface area (Å²) in [5.41, 5.74) is 3.82. The van der Waals surface area contributed by atoms with E-state index in [0.717, 1.165) is 36.1 Å². The lowest BCUT2D eigenvalue weighted by molar-refractivity contribution is -0.136. The lowest BCUT2D eigenvalue weighted by Crippen LogP contribution is -2.32. The number of thiophene rings is 1. The van der Waals surface area contributed by atoms with Gasteiger partial charge in [0.2, 0.25) is 5.76 Å². The third-order valence-electron chi connectivity index (χ3n) is 5.16. The minimum atomic E-state index is -1.01. The number of anilines is 1. The van der Waals surface area contributed by atoms with Gasteiger partial charge in [0.05, 0.1) is 25.2 Å². The number of fused-ring (bicyclic) bond motifs is 1. The number of hydrogen-bond donors (Lipinski definition) is 2. The molecule has 3 aromatic rings. The van der Waals surface area contributed by atoms with Crippen LogP contribution in [0.15, 0.2) is 52.2 Å². The molecule has 0 radical (unpaired) electrons. The van der Waals surface area contributed by atoms with E-state index in [1.54, 1.807) is 24.3 Å². The first-order chi connectivity index (χ1) is 17.0. The summed E-state index contributed by atoms with van der Waals surface area (Å²) in [5, 5.41) is 6.57. The summed E-state index contributed by atoms with van der Waals surface area (Å²) in [5.74, 6) is -2.88. The molecule has 2 N–H and O–H groups in total. The molecule has 35 heavy (non-hydrogen) atoms. The number of hydrazone groups is 1. The van der Waals surface area contributed by atoms with Crippen LogP contribution in [0, 0.1) is 0 Å². The van der Waals surface area contributed by atoms with Crippen LogP contribution in [-0.4, -0.2) is 37.1 Å². The second-order valence-corrected chi connectivity index (χ2v) is 8.60. The number of rotatable bonds is 6. The van der Waals surface area contributed by atoms with Crippen molar-refractivity contribution in [1.29, 1.82) is 0 Å². The number of esters is 2. The van der Waals surface area contributed by atoms with Crippen LogP contribution in [0.3, 0.4) is 0 Å². The number of furan rings is 1. The smallest absolute Gasteiger partial charge is 0.379 e. The fourth-order valence-corrected chi connectivity index (χ4v) is 4.83. The number of amides is 2. The summed E-state index contributed by atoms with van der Waals surface area (Å²) in [6.07, 6.45) is 6.13. The molecule has 1 aliphatic carbocycles. The summed E-state index contributed by atoms with van der Waals surface area (Å²) in [4.78, 5) is 49.9. The Morgan fingerprint density at radius 2 is 1.89 bits per heavy atom. The number of benzene rings is 1. The van der Waals surface area contributed by atoms with Crippen LogP contribution >= 0.6 is 11.3 Å². The molecule has 0 spiro atoms. The Morgan fingerprint density at radius 3 is 2.66 bits per heavy atom. The van der Waals surface area contributed by atoms with Gasteiger partial charge >= 0.3 is 23.8 Å². The van der Waals surface area contributed by atoms with Crippen LogP contribution in [0.5, 0.6) is 5.75 Å². The molecule has 0 bridgehead atoms. The lowest BCUT2D eigenvalue weighted by atomic mass is 9.95. The first-order valence-electron chi connectivity index (χ1n) is 10.7. The maximum absolute atomic E-state index is 12.4. The highest BCUT2D eigenvalue weighted by Gasteiger charge is 2.28. The van der Waals surface area contributed by atoms with Gasteiger partial charge in [-0.15, -0.1) is 11.3 Å². The molecule has 2 aromatic heterocycles. The van der Waals surface area contributed by atoms with Crippen LogP contribution in [0.25, 0.3) is 0 Å². The van der Waals surface area contributed by atoms with E-state index in [0.29, 0.717) is 16.1 Å². The van der Waals surface area contributed by atoms with E-state index in [-0.39, 0.29) is 11.5 Å². The Labute approximate surface area is 203 Å². The number of methoxy groups -OCH3 is 1. The van der Waals surface area contributed by atoms with Gasteiger partial charge < -0.3 is 19.2 Å². The molecule has 0 unspecified atom stereocenters. The molecular formula is C24H21N3O7S. The summed E-state index contributed by atoms with van der Waals surface area (Å²) in [7, 11) is 1.27. The number of aryl methyl sites for hydroxylation is 1. The van der Waals surface area contributed by atoms with Crippen LogP contribution in [0.2, 0.25) is 0 Å². The highest BCUT2D eigenvalue weighted by molar-refractivity contribution is 7.17.